The Bertz CT molecular complexity index is 722. The van der Waals surface area contributed by atoms with Gasteiger partial charge in [-0.2, -0.15) is 0 Å². The molecule has 1 heterocycles. The van der Waals surface area contributed by atoms with Gasteiger partial charge in [0.05, 0.1) is 5.52 Å². The second-order valence-electron chi connectivity index (χ2n) is 4.40. The molecule has 90 valence electrons. The zero-order valence-corrected chi connectivity index (χ0v) is 10.9. The van der Waals surface area contributed by atoms with Crippen LogP contribution in [0.2, 0.25) is 5.15 Å². The van der Waals surface area contributed by atoms with Crippen LogP contribution in [-0.4, -0.2) is 9.97 Å². The van der Waals surface area contributed by atoms with Gasteiger partial charge in [0.25, 0.3) is 0 Å². The van der Waals surface area contributed by atoms with Gasteiger partial charge in [-0.1, -0.05) is 42.8 Å². The lowest BCUT2D eigenvalue weighted by molar-refractivity contribution is 0.844. The molecule has 0 fully saturated rings. The van der Waals surface area contributed by atoms with Crippen LogP contribution in [0.3, 0.4) is 0 Å². The smallest absolute Gasteiger partial charge is 0.140 e. The number of rotatable bonds is 2. The molecular formula is C15H13ClN2. The second kappa shape index (κ2) is 4.54. The van der Waals surface area contributed by atoms with E-state index >= 15 is 0 Å². The minimum Gasteiger partial charge on any atom is -0.233 e. The number of halogens is 1. The Hall–Kier alpha value is -1.67. The maximum Gasteiger partial charge on any atom is 0.140 e. The maximum atomic E-state index is 6.25. The van der Waals surface area contributed by atoms with Crippen LogP contribution in [0.1, 0.15) is 19.2 Å². The summed E-state index contributed by atoms with van der Waals surface area (Å²) in [5.74, 6) is 0.824. The van der Waals surface area contributed by atoms with Crippen LogP contribution in [0, 0.1) is 0 Å². The molecule has 0 amide bonds. The van der Waals surface area contributed by atoms with Crippen molar-refractivity contribution in [2.45, 2.75) is 19.8 Å². The average Bonchev–Trinajstić information content (AvgIpc) is 2.37. The first-order valence-electron chi connectivity index (χ1n) is 6.13. The molecule has 3 aromatic rings. The first-order valence-corrected chi connectivity index (χ1v) is 6.50. The highest BCUT2D eigenvalue weighted by atomic mass is 35.5. The Morgan fingerprint density at radius 2 is 1.78 bits per heavy atom. The normalized spacial score (nSPS) is 11.2. The van der Waals surface area contributed by atoms with Gasteiger partial charge in [0.1, 0.15) is 11.0 Å². The van der Waals surface area contributed by atoms with Gasteiger partial charge < -0.3 is 0 Å². The Labute approximate surface area is 111 Å². The van der Waals surface area contributed by atoms with Crippen molar-refractivity contribution in [2.75, 3.05) is 0 Å². The minimum absolute atomic E-state index is 0.550. The van der Waals surface area contributed by atoms with E-state index in [0.29, 0.717) is 5.15 Å². The number of aromatic nitrogens is 2. The number of nitrogens with zero attached hydrogens (tertiary/aromatic N) is 2. The van der Waals surface area contributed by atoms with Crippen LogP contribution in [0.15, 0.2) is 36.4 Å². The topological polar surface area (TPSA) is 25.8 Å². The zero-order chi connectivity index (χ0) is 12.5. The number of hydrogen-bond acceptors (Lipinski definition) is 2. The van der Waals surface area contributed by atoms with E-state index < -0.39 is 0 Å². The van der Waals surface area contributed by atoms with Crippen molar-refractivity contribution in [3.8, 4) is 0 Å². The molecule has 0 radical (unpaired) electrons. The van der Waals surface area contributed by atoms with Crippen molar-refractivity contribution in [1.82, 2.24) is 9.97 Å². The summed E-state index contributed by atoms with van der Waals surface area (Å²) in [6.45, 7) is 2.11. The summed E-state index contributed by atoms with van der Waals surface area (Å²) in [7, 11) is 0. The molecule has 0 unspecified atom stereocenters. The molecule has 1 aromatic heterocycles. The van der Waals surface area contributed by atoms with Crippen molar-refractivity contribution in [2.24, 2.45) is 0 Å². The highest BCUT2D eigenvalue weighted by Crippen LogP contribution is 2.26. The first-order chi connectivity index (χ1) is 8.78. The maximum absolute atomic E-state index is 6.25. The molecular weight excluding hydrogens is 244 g/mol. The molecule has 0 atom stereocenters. The van der Waals surface area contributed by atoms with E-state index in [1.807, 2.05) is 12.1 Å². The summed E-state index contributed by atoms with van der Waals surface area (Å²) in [6, 6.07) is 12.4. The molecule has 0 bridgehead atoms. The monoisotopic (exact) mass is 256 g/mol. The molecule has 0 aliphatic rings. The Balaban J connectivity index is 2.32. The molecule has 0 saturated carbocycles. The van der Waals surface area contributed by atoms with Gasteiger partial charge in [0.15, 0.2) is 0 Å². The Kier molecular flexibility index (Phi) is 2.88. The number of hydrogen-bond donors (Lipinski definition) is 0. The Morgan fingerprint density at radius 1 is 1.06 bits per heavy atom. The predicted molar refractivity (Wildman–Crippen MR) is 76.0 cm³/mol. The summed E-state index contributed by atoms with van der Waals surface area (Å²) in [5.41, 5.74) is 0.928. The van der Waals surface area contributed by atoms with Crippen LogP contribution < -0.4 is 0 Å². The lowest BCUT2D eigenvalue weighted by Crippen LogP contribution is -1.96. The fraction of sp³-hybridized carbons (Fsp3) is 0.200. The average molecular weight is 257 g/mol. The van der Waals surface area contributed by atoms with E-state index in [0.717, 1.165) is 29.6 Å². The van der Waals surface area contributed by atoms with E-state index in [4.69, 9.17) is 11.6 Å². The van der Waals surface area contributed by atoms with E-state index in [1.54, 1.807) is 0 Å². The molecule has 0 aliphatic heterocycles. The third kappa shape index (κ3) is 1.93. The highest BCUT2D eigenvalue weighted by Gasteiger charge is 2.06. The van der Waals surface area contributed by atoms with Crippen molar-refractivity contribution in [3.05, 3.63) is 47.4 Å². The quantitative estimate of drug-likeness (QED) is 0.502. The molecule has 3 heteroatoms. The van der Waals surface area contributed by atoms with Gasteiger partial charge in [0, 0.05) is 11.8 Å². The van der Waals surface area contributed by atoms with Crippen LogP contribution >= 0.6 is 11.6 Å². The highest BCUT2D eigenvalue weighted by molar-refractivity contribution is 6.34. The number of fused-ring (bicyclic) bond motifs is 2. The fourth-order valence-corrected chi connectivity index (χ4v) is 2.41. The van der Waals surface area contributed by atoms with E-state index in [-0.39, 0.29) is 0 Å². The summed E-state index contributed by atoms with van der Waals surface area (Å²) >= 11 is 6.25. The lowest BCUT2D eigenvalue weighted by Gasteiger charge is -2.05. The van der Waals surface area contributed by atoms with Gasteiger partial charge in [-0.15, -0.1) is 0 Å². The molecule has 2 nitrogen and oxygen atoms in total. The third-order valence-corrected chi connectivity index (χ3v) is 3.32. The second-order valence-corrected chi connectivity index (χ2v) is 4.76. The number of benzene rings is 2. The molecule has 0 N–H and O–H groups in total. The van der Waals surface area contributed by atoms with Crippen LogP contribution in [0.4, 0.5) is 0 Å². The van der Waals surface area contributed by atoms with Crippen molar-refractivity contribution < 1.29 is 0 Å². The first kappa shape index (κ1) is 11.4. The minimum atomic E-state index is 0.550. The lowest BCUT2D eigenvalue weighted by atomic mass is 10.1. The van der Waals surface area contributed by atoms with Gasteiger partial charge in [-0.05, 0) is 29.3 Å². The Morgan fingerprint density at radius 3 is 2.50 bits per heavy atom. The molecule has 0 spiro atoms. The summed E-state index contributed by atoms with van der Waals surface area (Å²) in [6.07, 6.45) is 1.89. The zero-order valence-electron chi connectivity index (χ0n) is 10.2. The van der Waals surface area contributed by atoms with Gasteiger partial charge >= 0.3 is 0 Å². The summed E-state index contributed by atoms with van der Waals surface area (Å²) in [4.78, 5) is 8.93. The molecule has 3 rings (SSSR count). The van der Waals surface area contributed by atoms with E-state index in [2.05, 4.69) is 41.2 Å². The third-order valence-electron chi connectivity index (χ3n) is 3.04. The predicted octanol–water partition coefficient (Wildman–Crippen LogP) is 4.39. The van der Waals surface area contributed by atoms with Gasteiger partial charge in [0.2, 0.25) is 0 Å². The van der Waals surface area contributed by atoms with Gasteiger partial charge in [-0.25, -0.2) is 9.97 Å². The van der Waals surface area contributed by atoms with Crippen molar-refractivity contribution >= 4 is 33.3 Å². The standard InChI is InChI=1S/C15H13ClN2/c1-2-5-14-17-13-9-11-7-4-3-6-10(11)8-12(13)15(16)18-14/h3-4,6-9H,2,5H2,1H3. The molecule has 0 saturated heterocycles. The van der Waals surface area contributed by atoms with Crippen LogP contribution in [0.25, 0.3) is 21.7 Å². The van der Waals surface area contributed by atoms with Crippen molar-refractivity contribution in [1.29, 1.82) is 0 Å². The molecule has 18 heavy (non-hydrogen) atoms. The number of aryl methyl sites for hydroxylation is 1. The fourth-order valence-electron chi connectivity index (χ4n) is 2.16. The SMILES string of the molecule is CCCc1nc(Cl)c2cc3ccccc3cc2n1. The van der Waals surface area contributed by atoms with Crippen LogP contribution in [-0.2, 0) is 6.42 Å². The van der Waals surface area contributed by atoms with Crippen LogP contribution in [0.5, 0.6) is 0 Å². The van der Waals surface area contributed by atoms with Crippen molar-refractivity contribution in [3.63, 3.8) is 0 Å². The van der Waals surface area contributed by atoms with E-state index in [9.17, 15) is 0 Å². The molecule has 0 aliphatic carbocycles. The van der Waals surface area contributed by atoms with E-state index in [1.165, 1.54) is 10.8 Å². The molecule has 2 aromatic carbocycles. The summed E-state index contributed by atoms with van der Waals surface area (Å²) < 4.78 is 0. The summed E-state index contributed by atoms with van der Waals surface area (Å²) in [5, 5.41) is 3.82. The largest absolute Gasteiger partial charge is 0.233 e. The van der Waals surface area contributed by atoms with Gasteiger partial charge in [-0.3, -0.25) is 0 Å².